The first-order valence-corrected chi connectivity index (χ1v) is 6.32. The molecular formula is C13H10FN3OS. The summed E-state index contributed by atoms with van der Waals surface area (Å²) in [6.07, 6.45) is 0. The molecule has 0 radical (unpaired) electrons. The largest absolute Gasteiger partial charge is 0.338 e. The molecule has 0 fully saturated rings. The number of nitrogens with one attached hydrogen (secondary N) is 1. The van der Waals surface area contributed by atoms with Crippen molar-refractivity contribution in [2.45, 2.75) is 6.92 Å². The first kappa shape index (κ1) is 13.2. The second-order valence-electron chi connectivity index (χ2n) is 3.75. The lowest BCUT2D eigenvalue weighted by atomic mass is 10.2. The highest BCUT2D eigenvalue weighted by molar-refractivity contribution is 7.17. The number of thiazole rings is 1. The average molecular weight is 275 g/mol. The fourth-order valence-corrected chi connectivity index (χ4v) is 2.57. The van der Waals surface area contributed by atoms with Crippen LogP contribution in [0.3, 0.4) is 0 Å². The van der Waals surface area contributed by atoms with E-state index in [2.05, 4.69) is 10.3 Å². The molecule has 19 heavy (non-hydrogen) atoms. The van der Waals surface area contributed by atoms with Gasteiger partial charge in [0.05, 0.1) is 11.8 Å². The van der Waals surface area contributed by atoms with Crippen LogP contribution in [0.5, 0.6) is 0 Å². The highest BCUT2D eigenvalue weighted by atomic mass is 32.1. The Morgan fingerprint density at radius 3 is 2.95 bits per heavy atom. The van der Waals surface area contributed by atoms with E-state index in [4.69, 9.17) is 5.26 Å². The molecule has 0 spiro atoms. The number of benzene rings is 1. The molecule has 0 saturated carbocycles. The van der Waals surface area contributed by atoms with Gasteiger partial charge in [0.2, 0.25) is 0 Å². The van der Waals surface area contributed by atoms with Gasteiger partial charge in [-0.3, -0.25) is 4.79 Å². The second-order valence-corrected chi connectivity index (χ2v) is 4.75. The van der Waals surface area contributed by atoms with Gasteiger partial charge in [0.1, 0.15) is 22.2 Å². The predicted molar refractivity (Wildman–Crippen MR) is 70.2 cm³/mol. The molecule has 1 N–H and O–H groups in total. The van der Waals surface area contributed by atoms with Crippen LogP contribution in [-0.2, 0) is 0 Å². The van der Waals surface area contributed by atoms with E-state index in [0.29, 0.717) is 21.1 Å². The fraction of sp³-hybridized carbons (Fsp3) is 0.154. The standard InChI is InChI=1S/C13H10FN3OS/c1-8-11(12(18)16-7-6-15)19-13(17-8)9-4-2-3-5-10(9)14/h2-5H,7H2,1H3,(H,16,18). The van der Waals surface area contributed by atoms with Crippen molar-refractivity contribution in [3.8, 4) is 16.6 Å². The fourth-order valence-electron chi connectivity index (χ4n) is 1.56. The van der Waals surface area contributed by atoms with Gasteiger partial charge in [-0.25, -0.2) is 9.37 Å². The molecule has 2 rings (SSSR count). The zero-order chi connectivity index (χ0) is 13.8. The second kappa shape index (κ2) is 5.59. The lowest BCUT2D eigenvalue weighted by molar-refractivity contribution is 0.0961. The van der Waals surface area contributed by atoms with E-state index in [1.807, 2.05) is 6.07 Å². The van der Waals surface area contributed by atoms with Gasteiger partial charge >= 0.3 is 0 Å². The summed E-state index contributed by atoms with van der Waals surface area (Å²) in [5, 5.41) is 11.3. The molecule has 0 aliphatic carbocycles. The molecule has 1 amide bonds. The van der Waals surface area contributed by atoms with Gasteiger partial charge in [-0.05, 0) is 19.1 Å². The normalized spacial score (nSPS) is 9.95. The number of amides is 1. The monoisotopic (exact) mass is 275 g/mol. The molecular weight excluding hydrogens is 265 g/mol. The molecule has 0 unspecified atom stereocenters. The van der Waals surface area contributed by atoms with Gasteiger partial charge in [0, 0.05) is 5.56 Å². The number of hydrogen-bond acceptors (Lipinski definition) is 4. The van der Waals surface area contributed by atoms with Crippen LogP contribution in [0.4, 0.5) is 4.39 Å². The van der Waals surface area contributed by atoms with Gasteiger partial charge in [0.25, 0.3) is 5.91 Å². The predicted octanol–water partition coefficient (Wildman–Crippen LogP) is 2.51. The van der Waals surface area contributed by atoms with Crippen molar-refractivity contribution in [2.75, 3.05) is 6.54 Å². The van der Waals surface area contributed by atoms with Crippen molar-refractivity contribution in [3.05, 3.63) is 40.7 Å². The topological polar surface area (TPSA) is 65.8 Å². The third kappa shape index (κ3) is 2.77. The van der Waals surface area contributed by atoms with E-state index < -0.39 is 0 Å². The summed E-state index contributed by atoms with van der Waals surface area (Å²) in [5.74, 6) is -0.737. The van der Waals surface area contributed by atoms with Crippen LogP contribution >= 0.6 is 11.3 Å². The van der Waals surface area contributed by atoms with Crippen molar-refractivity contribution in [1.29, 1.82) is 5.26 Å². The summed E-state index contributed by atoms with van der Waals surface area (Å²) in [5.41, 5.74) is 0.897. The van der Waals surface area contributed by atoms with E-state index in [1.54, 1.807) is 25.1 Å². The Morgan fingerprint density at radius 1 is 1.53 bits per heavy atom. The van der Waals surface area contributed by atoms with Crippen LogP contribution in [0, 0.1) is 24.1 Å². The number of carbonyl (C=O) groups excluding carboxylic acids is 1. The van der Waals surface area contributed by atoms with Crippen molar-refractivity contribution >= 4 is 17.2 Å². The number of halogens is 1. The smallest absolute Gasteiger partial charge is 0.264 e. The summed E-state index contributed by atoms with van der Waals surface area (Å²) in [6, 6.07) is 8.10. The van der Waals surface area contributed by atoms with Crippen molar-refractivity contribution in [1.82, 2.24) is 10.3 Å². The van der Waals surface area contributed by atoms with Crippen molar-refractivity contribution < 1.29 is 9.18 Å². The van der Waals surface area contributed by atoms with E-state index in [-0.39, 0.29) is 18.3 Å². The van der Waals surface area contributed by atoms with E-state index in [0.717, 1.165) is 11.3 Å². The molecule has 1 heterocycles. The Labute approximate surface area is 113 Å². The van der Waals surface area contributed by atoms with E-state index >= 15 is 0 Å². The van der Waals surface area contributed by atoms with Gasteiger partial charge in [-0.15, -0.1) is 11.3 Å². The third-order valence-electron chi connectivity index (χ3n) is 2.44. The summed E-state index contributed by atoms with van der Waals surface area (Å²) in [4.78, 5) is 16.4. The number of nitriles is 1. The molecule has 0 atom stereocenters. The SMILES string of the molecule is Cc1nc(-c2ccccc2F)sc1C(=O)NCC#N. The maximum absolute atomic E-state index is 13.6. The molecule has 1 aromatic heterocycles. The summed E-state index contributed by atoms with van der Waals surface area (Å²) in [6.45, 7) is 1.62. The lowest BCUT2D eigenvalue weighted by Gasteiger charge is -1.97. The first-order chi connectivity index (χ1) is 9.13. The lowest BCUT2D eigenvalue weighted by Crippen LogP contribution is -2.23. The maximum Gasteiger partial charge on any atom is 0.264 e. The number of aromatic nitrogens is 1. The minimum atomic E-state index is -0.375. The molecule has 4 nitrogen and oxygen atoms in total. The summed E-state index contributed by atoms with van der Waals surface area (Å²) < 4.78 is 13.6. The van der Waals surface area contributed by atoms with Gasteiger partial charge in [-0.2, -0.15) is 5.26 Å². The van der Waals surface area contributed by atoms with Crippen LogP contribution in [0.1, 0.15) is 15.4 Å². The molecule has 2 aromatic rings. The number of nitrogens with zero attached hydrogens (tertiary/aromatic N) is 2. The number of carbonyl (C=O) groups is 1. The average Bonchev–Trinajstić information content (AvgIpc) is 2.78. The van der Waals surface area contributed by atoms with Crippen molar-refractivity contribution in [3.63, 3.8) is 0 Å². The molecule has 96 valence electrons. The minimum absolute atomic E-state index is 0.0643. The van der Waals surface area contributed by atoms with Gasteiger partial charge < -0.3 is 5.32 Å². The first-order valence-electron chi connectivity index (χ1n) is 5.51. The molecule has 0 saturated heterocycles. The Kier molecular flexibility index (Phi) is 3.88. The Morgan fingerprint density at radius 2 is 2.26 bits per heavy atom. The van der Waals surface area contributed by atoms with Gasteiger partial charge in [-0.1, -0.05) is 12.1 Å². The van der Waals surface area contributed by atoms with Gasteiger partial charge in [0.15, 0.2) is 0 Å². The van der Waals surface area contributed by atoms with Crippen LogP contribution in [-0.4, -0.2) is 17.4 Å². The Hall–Kier alpha value is -2.26. The zero-order valence-electron chi connectivity index (χ0n) is 10.1. The number of aryl methyl sites for hydroxylation is 1. The molecule has 6 heteroatoms. The Balaban J connectivity index is 2.34. The molecule has 0 aliphatic rings. The molecule has 0 aliphatic heterocycles. The van der Waals surface area contributed by atoms with Crippen molar-refractivity contribution in [2.24, 2.45) is 0 Å². The van der Waals surface area contributed by atoms with Crippen LogP contribution < -0.4 is 5.32 Å². The molecule has 1 aromatic carbocycles. The Bertz CT molecular complexity index is 660. The number of hydrogen-bond donors (Lipinski definition) is 1. The highest BCUT2D eigenvalue weighted by Crippen LogP contribution is 2.29. The van der Waals surface area contributed by atoms with E-state index in [1.165, 1.54) is 6.07 Å². The summed E-state index contributed by atoms with van der Waals surface area (Å²) >= 11 is 1.11. The third-order valence-corrected chi connectivity index (χ3v) is 3.62. The molecule has 0 bridgehead atoms. The quantitative estimate of drug-likeness (QED) is 0.875. The van der Waals surface area contributed by atoms with Crippen LogP contribution in [0.25, 0.3) is 10.6 Å². The number of rotatable bonds is 3. The highest BCUT2D eigenvalue weighted by Gasteiger charge is 2.17. The minimum Gasteiger partial charge on any atom is -0.338 e. The van der Waals surface area contributed by atoms with Crippen LogP contribution in [0.15, 0.2) is 24.3 Å². The maximum atomic E-state index is 13.6. The summed E-state index contributed by atoms with van der Waals surface area (Å²) in [7, 11) is 0. The van der Waals surface area contributed by atoms with Crippen LogP contribution in [0.2, 0.25) is 0 Å². The van der Waals surface area contributed by atoms with E-state index in [9.17, 15) is 9.18 Å². The zero-order valence-corrected chi connectivity index (χ0v) is 10.9.